The van der Waals surface area contributed by atoms with E-state index in [-0.39, 0.29) is 30.8 Å². The topological polar surface area (TPSA) is 87.9 Å². The van der Waals surface area contributed by atoms with Crippen LogP contribution in [0.3, 0.4) is 0 Å². The van der Waals surface area contributed by atoms with Crippen LogP contribution in [-0.4, -0.2) is 30.8 Å². The SMILES string of the molecule is CCOC(OCC)P(=O)(OCC)c1cccc([N+](=O)[O-])c1. The van der Waals surface area contributed by atoms with Crippen LogP contribution in [0.1, 0.15) is 20.8 Å². The Bertz CT molecular complexity index is 515. The summed E-state index contributed by atoms with van der Waals surface area (Å²) in [4.78, 5) is 10.3. The van der Waals surface area contributed by atoms with Crippen molar-refractivity contribution in [2.75, 3.05) is 19.8 Å². The van der Waals surface area contributed by atoms with Gasteiger partial charge in [-0.3, -0.25) is 14.7 Å². The lowest BCUT2D eigenvalue weighted by molar-refractivity contribution is -0.384. The molecule has 7 nitrogen and oxygen atoms in total. The van der Waals surface area contributed by atoms with Crippen molar-refractivity contribution < 1.29 is 23.5 Å². The first kappa shape index (κ1) is 17.8. The molecule has 0 amide bonds. The Hall–Kier alpha value is -1.27. The molecule has 1 atom stereocenters. The lowest BCUT2D eigenvalue weighted by Crippen LogP contribution is -2.25. The molecule has 0 radical (unpaired) electrons. The maximum Gasteiger partial charge on any atom is 0.286 e. The zero-order chi connectivity index (χ0) is 15.9. The van der Waals surface area contributed by atoms with E-state index in [0.717, 1.165) is 0 Å². The molecule has 1 unspecified atom stereocenters. The van der Waals surface area contributed by atoms with Gasteiger partial charge in [0.15, 0.2) is 0 Å². The molecule has 0 heterocycles. The van der Waals surface area contributed by atoms with E-state index in [0.29, 0.717) is 0 Å². The van der Waals surface area contributed by atoms with Crippen LogP contribution in [0.5, 0.6) is 0 Å². The predicted molar refractivity (Wildman–Crippen MR) is 79.0 cm³/mol. The molecule has 8 heteroatoms. The van der Waals surface area contributed by atoms with Crippen LogP contribution in [-0.2, 0) is 18.6 Å². The van der Waals surface area contributed by atoms with Crippen LogP contribution in [0.2, 0.25) is 0 Å². The summed E-state index contributed by atoms with van der Waals surface area (Å²) in [6.45, 7) is 5.94. The largest absolute Gasteiger partial charge is 0.344 e. The van der Waals surface area contributed by atoms with Crippen LogP contribution >= 0.6 is 7.37 Å². The Morgan fingerprint density at radius 1 is 1.19 bits per heavy atom. The van der Waals surface area contributed by atoms with Crippen LogP contribution in [0.4, 0.5) is 5.69 Å². The Balaban J connectivity index is 3.27. The minimum atomic E-state index is -3.53. The van der Waals surface area contributed by atoms with Gasteiger partial charge in [-0.1, -0.05) is 6.07 Å². The smallest absolute Gasteiger partial charge is 0.286 e. The highest BCUT2D eigenvalue weighted by Gasteiger charge is 2.38. The van der Waals surface area contributed by atoms with Gasteiger partial charge in [0, 0.05) is 30.7 Å². The molecule has 1 rings (SSSR count). The summed E-state index contributed by atoms with van der Waals surface area (Å²) in [5.41, 5.74) is -0.154. The summed E-state index contributed by atoms with van der Waals surface area (Å²) in [5.74, 6) is 0. The van der Waals surface area contributed by atoms with Crippen molar-refractivity contribution in [3.63, 3.8) is 0 Å². The first-order valence-electron chi connectivity index (χ1n) is 6.72. The van der Waals surface area contributed by atoms with Gasteiger partial charge in [-0.15, -0.1) is 0 Å². The van der Waals surface area contributed by atoms with E-state index in [2.05, 4.69) is 0 Å². The average Bonchev–Trinajstić information content (AvgIpc) is 2.47. The van der Waals surface area contributed by atoms with Crippen LogP contribution in [0.25, 0.3) is 0 Å². The first-order valence-corrected chi connectivity index (χ1v) is 8.41. The van der Waals surface area contributed by atoms with E-state index >= 15 is 0 Å². The average molecular weight is 317 g/mol. The van der Waals surface area contributed by atoms with Gasteiger partial charge in [0.05, 0.1) is 11.5 Å². The molecule has 0 saturated heterocycles. The van der Waals surface area contributed by atoms with E-state index in [9.17, 15) is 14.7 Å². The third kappa shape index (κ3) is 4.35. The number of rotatable bonds is 9. The molecule has 21 heavy (non-hydrogen) atoms. The van der Waals surface area contributed by atoms with Crippen molar-refractivity contribution in [2.24, 2.45) is 0 Å². The third-order valence-electron chi connectivity index (χ3n) is 2.62. The van der Waals surface area contributed by atoms with Crippen LogP contribution < -0.4 is 5.30 Å². The molecule has 0 fully saturated rings. The third-order valence-corrected chi connectivity index (χ3v) is 5.11. The zero-order valence-corrected chi connectivity index (χ0v) is 13.2. The predicted octanol–water partition coefficient (Wildman–Crippen LogP) is 2.89. The van der Waals surface area contributed by atoms with E-state index in [1.165, 1.54) is 24.3 Å². The number of benzene rings is 1. The lowest BCUT2D eigenvalue weighted by atomic mass is 10.3. The van der Waals surface area contributed by atoms with Crippen LogP contribution in [0, 0.1) is 10.1 Å². The summed E-state index contributed by atoms with van der Waals surface area (Å²) in [5, 5.41) is 11.1. The molecule has 0 aromatic heterocycles. The molecular weight excluding hydrogens is 297 g/mol. The minimum Gasteiger partial charge on any atom is -0.344 e. The van der Waals surface area contributed by atoms with Gasteiger partial charge in [-0.2, -0.15) is 0 Å². The Morgan fingerprint density at radius 2 is 1.81 bits per heavy atom. The molecule has 0 aliphatic rings. The highest BCUT2D eigenvalue weighted by atomic mass is 31.2. The fourth-order valence-corrected chi connectivity index (χ4v) is 3.97. The van der Waals surface area contributed by atoms with Gasteiger partial charge in [0.2, 0.25) is 6.03 Å². The van der Waals surface area contributed by atoms with Crippen molar-refractivity contribution in [1.82, 2.24) is 0 Å². The first-order chi connectivity index (χ1) is 9.99. The van der Waals surface area contributed by atoms with Gasteiger partial charge in [-0.05, 0) is 26.8 Å². The maximum absolute atomic E-state index is 13.2. The van der Waals surface area contributed by atoms with E-state index in [1.54, 1.807) is 20.8 Å². The van der Waals surface area contributed by atoms with Crippen molar-refractivity contribution in [3.8, 4) is 0 Å². The fourth-order valence-electron chi connectivity index (χ4n) is 1.78. The molecule has 0 aliphatic heterocycles. The van der Waals surface area contributed by atoms with Crippen molar-refractivity contribution >= 4 is 18.4 Å². The molecule has 0 bridgehead atoms. The molecule has 1 aromatic carbocycles. The number of nitro benzene ring substituents is 1. The fraction of sp³-hybridized carbons (Fsp3) is 0.538. The summed E-state index contributed by atoms with van der Waals surface area (Å²) >= 11 is 0. The van der Waals surface area contributed by atoms with Gasteiger partial charge in [0.25, 0.3) is 13.1 Å². The number of nitrogens with zero attached hydrogens (tertiary/aromatic N) is 1. The molecule has 0 N–H and O–H groups in total. The highest BCUT2D eigenvalue weighted by molar-refractivity contribution is 7.67. The number of nitro groups is 1. The molecule has 0 saturated carbocycles. The number of hydrogen-bond donors (Lipinski definition) is 0. The number of hydrogen-bond acceptors (Lipinski definition) is 6. The second-order valence-corrected chi connectivity index (χ2v) is 6.40. The molecular formula is C13H20NO6P. The standard InChI is InChI=1S/C13H20NO6P/c1-4-18-13(19-5-2)21(17,20-6-3)12-9-7-8-11(10-12)14(15)16/h7-10,13H,4-6H2,1-3H3. The monoisotopic (exact) mass is 317 g/mol. The van der Waals surface area contributed by atoms with E-state index < -0.39 is 18.3 Å². The Labute approximate surface area is 123 Å². The van der Waals surface area contributed by atoms with Crippen molar-refractivity contribution in [2.45, 2.75) is 26.8 Å². The van der Waals surface area contributed by atoms with Gasteiger partial charge >= 0.3 is 0 Å². The quantitative estimate of drug-likeness (QED) is 0.301. The summed E-state index contributed by atoms with van der Waals surface area (Å²) < 4.78 is 29.3. The van der Waals surface area contributed by atoms with Gasteiger partial charge < -0.3 is 14.0 Å². The maximum atomic E-state index is 13.2. The zero-order valence-electron chi connectivity index (χ0n) is 12.4. The Morgan fingerprint density at radius 3 is 2.29 bits per heavy atom. The molecule has 0 aliphatic carbocycles. The van der Waals surface area contributed by atoms with Crippen molar-refractivity contribution in [3.05, 3.63) is 34.4 Å². The molecule has 1 aromatic rings. The van der Waals surface area contributed by atoms with Gasteiger partial charge in [-0.25, -0.2) is 0 Å². The van der Waals surface area contributed by atoms with Gasteiger partial charge in [0.1, 0.15) is 0 Å². The molecule has 0 spiro atoms. The highest BCUT2D eigenvalue weighted by Crippen LogP contribution is 2.52. The lowest BCUT2D eigenvalue weighted by Gasteiger charge is -2.26. The molecule has 118 valence electrons. The van der Waals surface area contributed by atoms with Crippen LogP contribution in [0.15, 0.2) is 24.3 Å². The summed E-state index contributed by atoms with van der Waals surface area (Å²) in [7, 11) is -3.53. The normalized spacial score (nSPS) is 14.1. The van der Waals surface area contributed by atoms with Crippen molar-refractivity contribution in [1.29, 1.82) is 0 Å². The second kappa shape index (κ2) is 8.24. The minimum absolute atomic E-state index is 0.154. The Kier molecular flexibility index (Phi) is 6.98. The second-order valence-electron chi connectivity index (χ2n) is 4.01. The number of non-ortho nitro benzene ring substituents is 1. The summed E-state index contributed by atoms with van der Waals surface area (Å²) in [6.07, 6.45) is 0. The number of ether oxygens (including phenoxy) is 2. The summed E-state index contributed by atoms with van der Waals surface area (Å²) in [6, 6.07) is 4.48. The van der Waals surface area contributed by atoms with E-state index in [1.807, 2.05) is 0 Å². The van der Waals surface area contributed by atoms with E-state index in [4.69, 9.17) is 14.0 Å².